The first-order chi connectivity index (χ1) is 12.5. The fourth-order valence-electron chi connectivity index (χ4n) is 2.40. The number of hydrogen-bond donors (Lipinski definition) is 1. The van der Waals surface area contributed by atoms with Gasteiger partial charge in [0.2, 0.25) is 0 Å². The highest BCUT2D eigenvalue weighted by Gasteiger charge is 2.12. The minimum absolute atomic E-state index is 0.260. The highest BCUT2D eigenvalue weighted by molar-refractivity contribution is 7.11. The van der Waals surface area contributed by atoms with E-state index in [-0.39, 0.29) is 6.01 Å². The van der Waals surface area contributed by atoms with Crippen LogP contribution in [0, 0.1) is 20.8 Å². The SMILES string of the molecule is Cc1nc(C)c(CNc2nc(OCCc3ccccn3)nc(Cl)c2C)s1. The van der Waals surface area contributed by atoms with Crippen LogP contribution in [0.25, 0.3) is 0 Å². The molecule has 26 heavy (non-hydrogen) atoms. The molecule has 0 saturated carbocycles. The Morgan fingerprint density at radius 2 is 2.00 bits per heavy atom. The first kappa shape index (κ1) is 18.5. The summed E-state index contributed by atoms with van der Waals surface area (Å²) in [5.41, 5.74) is 2.78. The molecule has 0 amide bonds. The normalized spacial score (nSPS) is 10.8. The second-order valence-corrected chi connectivity index (χ2v) is 7.43. The topological polar surface area (TPSA) is 72.8 Å². The minimum atomic E-state index is 0.260. The van der Waals surface area contributed by atoms with E-state index in [2.05, 4.69) is 25.3 Å². The summed E-state index contributed by atoms with van der Waals surface area (Å²) in [5.74, 6) is 0.670. The Hall–Kier alpha value is -2.25. The van der Waals surface area contributed by atoms with Crippen molar-refractivity contribution in [3.63, 3.8) is 0 Å². The molecule has 136 valence electrons. The summed E-state index contributed by atoms with van der Waals surface area (Å²) in [5, 5.41) is 4.75. The largest absolute Gasteiger partial charge is 0.463 e. The van der Waals surface area contributed by atoms with Crippen LogP contribution in [-0.4, -0.2) is 26.5 Å². The number of anilines is 1. The van der Waals surface area contributed by atoms with E-state index in [9.17, 15) is 0 Å². The lowest BCUT2D eigenvalue weighted by molar-refractivity contribution is 0.295. The van der Waals surface area contributed by atoms with E-state index in [0.717, 1.165) is 22.0 Å². The van der Waals surface area contributed by atoms with Gasteiger partial charge in [0.05, 0.1) is 23.9 Å². The van der Waals surface area contributed by atoms with Crippen molar-refractivity contribution in [3.05, 3.63) is 56.4 Å². The van der Waals surface area contributed by atoms with Gasteiger partial charge < -0.3 is 10.1 Å². The number of aryl methyl sites for hydroxylation is 2. The van der Waals surface area contributed by atoms with E-state index >= 15 is 0 Å². The van der Waals surface area contributed by atoms with Gasteiger partial charge in [-0.3, -0.25) is 4.98 Å². The Morgan fingerprint density at radius 3 is 2.69 bits per heavy atom. The van der Waals surface area contributed by atoms with E-state index in [0.29, 0.717) is 30.5 Å². The summed E-state index contributed by atoms with van der Waals surface area (Å²) in [6.07, 6.45) is 2.44. The van der Waals surface area contributed by atoms with E-state index in [1.165, 1.54) is 4.88 Å². The summed E-state index contributed by atoms with van der Waals surface area (Å²) in [4.78, 5) is 18.5. The van der Waals surface area contributed by atoms with Crippen molar-refractivity contribution in [2.75, 3.05) is 11.9 Å². The third-order valence-electron chi connectivity index (χ3n) is 3.80. The average Bonchev–Trinajstić information content (AvgIpc) is 2.95. The molecule has 0 spiro atoms. The summed E-state index contributed by atoms with van der Waals surface area (Å²) < 4.78 is 5.67. The van der Waals surface area contributed by atoms with Crippen molar-refractivity contribution in [2.24, 2.45) is 0 Å². The molecule has 0 aromatic carbocycles. The molecule has 3 heterocycles. The second-order valence-electron chi connectivity index (χ2n) is 5.79. The number of aromatic nitrogens is 4. The lowest BCUT2D eigenvalue weighted by Crippen LogP contribution is -2.09. The number of pyridine rings is 1. The fraction of sp³-hybridized carbons (Fsp3) is 0.333. The third-order valence-corrected chi connectivity index (χ3v) is 5.24. The van der Waals surface area contributed by atoms with Crippen molar-refractivity contribution >= 4 is 28.8 Å². The van der Waals surface area contributed by atoms with Gasteiger partial charge in [0.25, 0.3) is 0 Å². The smallest absolute Gasteiger partial charge is 0.319 e. The Kier molecular flexibility index (Phi) is 6.00. The van der Waals surface area contributed by atoms with Crippen LogP contribution < -0.4 is 10.1 Å². The molecular formula is C18H20ClN5OS. The third kappa shape index (κ3) is 4.68. The van der Waals surface area contributed by atoms with Crippen molar-refractivity contribution in [1.29, 1.82) is 0 Å². The summed E-state index contributed by atoms with van der Waals surface area (Å²) in [6, 6.07) is 6.05. The lowest BCUT2D eigenvalue weighted by Gasteiger charge is -2.11. The van der Waals surface area contributed by atoms with Crippen LogP contribution in [0.5, 0.6) is 6.01 Å². The minimum Gasteiger partial charge on any atom is -0.463 e. The summed E-state index contributed by atoms with van der Waals surface area (Å²) in [6.45, 7) is 6.96. The van der Waals surface area contributed by atoms with Crippen LogP contribution in [-0.2, 0) is 13.0 Å². The van der Waals surface area contributed by atoms with Gasteiger partial charge >= 0.3 is 6.01 Å². The maximum atomic E-state index is 6.24. The number of hydrogen-bond acceptors (Lipinski definition) is 7. The van der Waals surface area contributed by atoms with Crippen molar-refractivity contribution in [1.82, 2.24) is 19.9 Å². The van der Waals surface area contributed by atoms with Crippen LogP contribution in [0.15, 0.2) is 24.4 Å². The summed E-state index contributed by atoms with van der Waals surface area (Å²) in [7, 11) is 0. The Balaban J connectivity index is 1.65. The van der Waals surface area contributed by atoms with Gasteiger partial charge in [-0.15, -0.1) is 11.3 Å². The van der Waals surface area contributed by atoms with Crippen molar-refractivity contribution in [3.8, 4) is 6.01 Å². The zero-order chi connectivity index (χ0) is 18.5. The number of ether oxygens (including phenoxy) is 1. The van der Waals surface area contributed by atoms with Crippen LogP contribution in [0.3, 0.4) is 0 Å². The van der Waals surface area contributed by atoms with E-state index in [4.69, 9.17) is 16.3 Å². The van der Waals surface area contributed by atoms with E-state index < -0.39 is 0 Å². The quantitative estimate of drug-likeness (QED) is 0.612. The first-order valence-electron chi connectivity index (χ1n) is 8.26. The number of halogens is 1. The molecule has 0 fully saturated rings. The zero-order valence-corrected chi connectivity index (χ0v) is 16.5. The van der Waals surface area contributed by atoms with E-state index in [1.54, 1.807) is 17.5 Å². The van der Waals surface area contributed by atoms with Crippen LogP contribution in [0.1, 0.15) is 26.8 Å². The summed E-state index contributed by atoms with van der Waals surface area (Å²) >= 11 is 7.91. The Labute approximate surface area is 161 Å². The Morgan fingerprint density at radius 1 is 1.15 bits per heavy atom. The highest BCUT2D eigenvalue weighted by Crippen LogP contribution is 2.25. The molecule has 0 aliphatic heterocycles. The molecule has 1 N–H and O–H groups in total. The molecule has 3 rings (SSSR count). The molecule has 0 saturated heterocycles. The predicted molar refractivity (Wildman–Crippen MR) is 104 cm³/mol. The highest BCUT2D eigenvalue weighted by atomic mass is 35.5. The predicted octanol–water partition coefficient (Wildman–Crippen LogP) is 4.14. The molecule has 0 atom stereocenters. The number of nitrogens with one attached hydrogen (secondary N) is 1. The fourth-order valence-corrected chi connectivity index (χ4v) is 3.44. The molecule has 8 heteroatoms. The monoisotopic (exact) mass is 389 g/mol. The Bertz CT molecular complexity index is 885. The van der Waals surface area contributed by atoms with Gasteiger partial charge in [0, 0.05) is 28.8 Å². The standard InChI is InChI=1S/C18H20ClN5OS/c1-11-16(19)23-18(25-9-7-14-6-4-5-8-20-14)24-17(11)21-10-15-12(2)22-13(3)26-15/h4-6,8H,7,9-10H2,1-3H3,(H,21,23,24). The van der Waals surface area contributed by atoms with Crippen LogP contribution in [0.4, 0.5) is 5.82 Å². The number of nitrogens with zero attached hydrogens (tertiary/aromatic N) is 4. The van der Waals surface area contributed by atoms with Gasteiger partial charge in [-0.1, -0.05) is 17.7 Å². The first-order valence-corrected chi connectivity index (χ1v) is 9.46. The van der Waals surface area contributed by atoms with Gasteiger partial charge in [-0.25, -0.2) is 4.98 Å². The molecule has 0 radical (unpaired) electrons. The van der Waals surface area contributed by atoms with Gasteiger partial charge in [-0.2, -0.15) is 9.97 Å². The number of rotatable bonds is 7. The zero-order valence-electron chi connectivity index (χ0n) is 14.9. The maximum absolute atomic E-state index is 6.24. The van der Waals surface area contributed by atoms with Crippen LogP contribution >= 0.6 is 22.9 Å². The molecular weight excluding hydrogens is 370 g/mol. The molecule has 3 aromatic heterocycles. The molecule has 3 aromatic rings. The molecule has 0 bridgehead atoms. The molecule has 0 aliphatic rings. The second kappa shape index (κ2) is 8.42. The maximum Gasteiger partial charge on any atom is 0.319 e. The number of thiazole rings is 1. The van der Waals surface area contributed by atoms with Crippen molar-refractivity contribution < 1.29 is 4.74 Å². The molecule has 6 nitrogen and oxygen atoms in total. The van der Waals surface area contributed by atoms with Gasteiger partial charge in [0.1, 0.15) is 11.0 Å². The van der Waals surface area contributed by atoms with Gasteiger partial charge in [0.15, 0.2) is 0 Å². The lowest BCUT2D eigenvalue weighted by atomic mass is 10.3. The van der Waals surface area contributed by atoms with E-state index in [1.807, 2.05) is 39.0 Å². The average molecular weight is 390 g/mol. The molecule has 0 aliphatic carbocycles. The van der Waals surface area contributed by atoms with Crippen LogP contribution in [0.2, 0.25) is 5.15 Å². The van der Waals surface area contributed by atoms with Gasteiger partial charge in [-0.05, 0) is 32.9 Å². The molecule has 0 unspecified atom stereocenters. The van der Waals surface area contributed by atoms with Crippen molar-refractivity contribution in [2.45, 2.75) is 33.7 Å².